The lowest BCUT2D eigenvalue weighted by atomic mass is 10.1. The summed E-state index contributed by atoms with van der Waals surface area (Å²) in [7, 11) is 1.67. The maximum atomic E-state index is 5.82. The summed E-state index contributed by atoms with van der Waals surface area (Å²) in [5.41, 5.74) is 10.4. The molecular formula is C16H20N2O2. The number of hydrogen-bond acceptors (Lipinski definition) is 4. The summed E-state index contributed by atoms with van der Waals surface area (Å²) >= 11 is 0. The quantitative estimate of drug-likeness (QED) is 0.868. The van der Waals surface area contributed by atoms with E-state index < -0.39 is 0 Å². The van der Waals surface area contributed by atoms with Crippen molar-refractivity contribution in [2.45, 2.75) is 27.4 Å². The van der Waals surface area contributed by atoms with Crippen LogP contribution in [-0.4, -0.2) is 12.1 Å². The first-order valence-electron chi connectivity index (χ1n) is 6.51. The number of benzene rings is 1. The van der Waals surface area contributed by atoms with Gasteiger partial charge in [-0.3, -0.25) is 4.98 Å². The molecule has 1 heterocycles. The molecule has 106 valence electrons. The monoisotopic (exact) mass is 272 g/mol. The van der Waals surface area contributed by atoms with Crippen LogP contribution in [0.3, 0.4) is 0 Å². The van der Waals surface area contributed by atoms with Crippen LogP contribution in [0.2, 0.25) is 0 Å². The van der Waals surface area contributed by atoms with Crippen LogP contribution in [0, 0.1) is 20.8 Å². The molecule has 0 radical (unpaired) electrons. The van der Waals surface area contributed by atoms with E-state index in [2.05, 4.69) is 4.98 Å². The SMILES string of the molecule is COc1c(C)cnc(COc2ccc(N)cc2C)c1C. The van der Waals surface area contributed by atoms with Crippen molar-refractivity contribution < 1.29 is 9.47 Å². The fraction of sp³-hybridized carbons (Fsp3) is 0.312. The van der Waals surface area contributed by atoms with Gasteiger partial charge in [0.1, 0.15) is 18.1 Å². The molecule has 20 heavy (non-hydrogen) atoms. The highest BCUT2D eigenvalue weighted by Crippen LogP contribution is 2.26. The molecule has 0 bridgehead atoms. The number of aryl methyl sites for hydroxylation is 2. The van der Waals surface area contributed by atoms with Gasteiger partial charge in [-0.2, -0.15) is 0 Å². The Bertz CT molecular complexity index is 624. The van der Waals surface area contributed by atoms with Crippen LogP contribution in [0.15, 0.2) is 24.4 Å². The van der Waals surface area contributed by atoms with Gasteiger partial charge in [-0.05, 0) is 44.5 Å². The third kappa shape index (κ3) is 2.85. The molecule has 0 saturated carbocycles. The van der Waals surface area contributed by atoms with Crippen LogP contribution in [-0.2, 0) is 6.61 Å². The van der Waals surface area contributed by atoms with Gasteiger partial charge in [-0.15, -0.1) is 0 Å². The van der Waals surface area contributed by atoms with Gasteiger partial charge >= 0.3 is 0 Å². The van der Waals surface area contributed by atoms with E-state index in [1.54, 1.807) is 13.3 Å². The van der Waals surface area contributed by atoms with E-state index in [0.717, 1.165) is 39.6 Å². The number of rotatable bonds is 4. The third-order valence-electron chi connectivity index (χ3n) is 3.31. The van der Waals surface area contributed by atoms with Crippen LogP contribution in [0.1, 0.15) is 22.4 Å². The summed E-state index contributed by atoms with van der Waals surface area (Å²) in [5.74, 6) is 1.69. The molecule has 1 aromatic heterocycles. The lowest BCUT2D eigenvalue weighted by Crippen LogP contribution is -2.04. The molecule has 2 rings (SSSR count). The lowest BCUT2D eigenvalue weighted by molar-refractivity contribution is 0.297. The highest BCUT2D eigenvalue weighted by Gasteiger charge is 2.10. The number of nitrogens with zero attached hydrogens (tertiary/aromatic N) is 1. The van der Waals surface area contributed by atoms with Crippen molar-refractivity contribution in [1.82, 2.24) is 4.98 Å². The first-order valence-corrected chi connectivity index (χ1v) is 6.51. The summed E-state index contributed by atoms with van der Waals surface area (Å²) in [5, 5.41) is 0. The van der Waals surface area contributed by atoms with Crippen LogP contribution in [0.5, 0.6) is 11.5 Å². The Kier molecular flexibility index (Phi) is 4.13. The van der Waals surface area contributed by atoms with E-state index in [1.807, 2.05) is 39.0 Å². The van der Waals surface area contributed by atoms with E-state index in [1.165, 1.54) is 0 Å². The molecule has 0 aliphatic carbocycles. The summed E-state index contributed by atoms with van der Waals surface area (Å²) < 4.78 is 11.2. The molecule has 0 fully saturated rings. The normalized spacial score (nSPS) is 10.4. The fourth-order valence-electron chi connectivity index (χ4n) is 2.20. The van der Waals surface area contributed by atoms with Gasteiger partial charge in [0.2, 0.25) is 0 Å². The largest absolute Gasteiger partial charge is 0.496 e. The van der Waals surface area contributed by atoms with Crippen LogP contribution >= 0.6 is 0 Å². The minimum Gasteiger partial charge on any atom is -0.496 e. The Balaban J connectivity index is 2.19. The highest BCUT2D eigenvalue weighted by atomic mass is 16.5. The number of nitrogen functional groups attached to an aromatic ring is 1. The van der Waals surface area contributed by atoms with E-state index in [0.29, 0.717) is 6.61 Å². The first-order chi connectivity index (χ1) is 9.52. The maximum absolute atomic E-state index is 5.82. The molecule has 2 aromatic rings. The molecule has 4 heteroatoms. The van der Waals surface area contributed by atoms with Crippen molar-refractivity contribution in [2.24, 2.45) is 0 Å². The molecule has 0 spiro atoms. The van der Waals surface area contributed by atoms with Gasteiger partial charge in [0.15, 0.2) is 0 Å². The zero-order chi connectivity index (χ0) is 14.7. The Morgan fingerprint density at radius 3 is 2.55 bits per heavy atom. The van der Waals surface area contributed by atoms with Gasteiger partial charge in [-0.25, -0.2) is 0 Å². The smallest absolute Gasteiger partial charge is 0.131 e. The molecule has 2 N–H and O–H groups in total. The Labute approximate surface area is 119 Å². The Hall–Kier alpha value is -2.23. The summed E-state index contributed by atoms with van der Waals surface area (Å²) in [6.07, 6.45) is 1.81. The Morgan fingerprint density at radius 1 is 1.15 bits per heavy atom. The molecule has 4 nitrogen and oxygen atoms in total. The molecule has 0 aliphatic heterocycles. The molecule has 0 aliphatic rings. The lowest BCUT2D eigenvalue weighted by Gasteiger charge is -2.14. The third-order valence-corrected chi connectivity index (χ3v) is 3.31. The van der Waals surface area contributed by atoms with Crippen LogP contribution < -0.4 is 15.2 Å². The van der Waals surface area contributed by atoms with Gasteiger partial charge in [0.05, 0.1) is 12.8 Å². The molecule has 0 unspecified atom stereocenters. The van der Waals surface area contributed by atoms with Crippen molar-refractivity contribution in [2.75, 3.05) is 12.8 Å². The zero-order valence-corrected chi connectivity index (χ0v) is 12.4. The van der Waals surface area contributed by atoms with Gasteiger partial charge in [0, 0.05) is 23.0 Å². The molecule has 0 saturated heterocycles. The predicted molar refractivity (Wildman–Crippen MR) is 80.2 cm³/mol. The number of nitrogens with two attached hydrogens (primary N) is 1. The number of aromatic nitrogens is 1. The van der Waals surface area contributed by atoms with Crippen molar-refractivity contribution in [3.63, 3.8) is 0 Å². The summed E-state index contributed by atoms with van der Waals surface area (Å²) in [6.45, 7) is 6.36. The average Bonchev–Trinajstić information content (AvgIpc) is 2.40. The van der Waals surface area contributed by atoms with Crippen LogP contribution in [0.25, 0.3) is 0 Å². The highest BCUT2D eigenvalue weighted by molar-refractivity contribution is 5.47. The zero-order valence-electron chi connectivity index (χ0n) is 12.4. The number of anilines is 1. The predicted octanol–water partition coefficient (Wildman–Crippen LogP) is 3.18. The minimum absolute atomic E-state index is 0.410. The summed E-state index contributed by atoms with van der Waals surface area (Å²) in [4.78, 5) is 4.42. The van der Waals surface area contributed by atoms with E-state index in [4.69, 9.17) is 15.2 Å². The van der Waals surface area contributed by atoms with Crippen molar-refractivity contribution in [3.05, 3.63) is 46.8 Å². The van der Waals surface area contributed by atoms with E-state index >= 15 is 0 Å². The topological polar surface area (TPSA) is 57.4 Å². The van der Waals surface area contributed by atoms with Gasteiger partial charge < -0.3 is 15.2 Å². The second kappa shape index (κ2) is 5.82. The van der Waals surface area contributed by atoms with Crippen molar-refractivity contribution in [3.8, 4) is 11.5 Å². The minimum atomic E-state index is 0.410. The summed E-state index contributed by atoms with van der Waals surface area (Å²) in [6, 6.07) is 5.61. The van der Waals surface area contributed by atoms with E-state index in [9.17, 15) is 0 Å². The van der Waals surface area contributed by atoms with E-state index in [-0.39, 0.29) is 0 Å². The molecule has 0 amide bonds. The second-order valence-electron chi connectivity index (χ2n) is 4.86. The van der Waals surface area contributed by atoms with Gasteiger partial charge in [-0.1, -0.05) is 0 Å². The standard InChI is InChI=1S/C16H20N2O2/c1-10-7-13(17)5-6-15(10)20-9-14-12(3)16(19-4)11(2)8-18-14/h5-8H,9,17H2,1-4H3. The average molecular weight is 272 g/mol. The second-order valence-corrected chi connectivity index (χ2v) is 4.86. The Morgan fingerprint density at radius 2 is 1.90 bits per heavy atom. The van der Waals surface area contributed by atoms with Crippen LogP contribution in [0.4, 0.5) is 5.69 Å². The number of hydrogen-bond donors (Lipinski definition) is 1. The first kappa shape index (κ1) is 14.2. The van der Waals surface area contributed by atoms with Crippen molar-refractivity contribution >= 4 is 5.69 Å². The molecule has 0 atom stereocenters. The molecule has 1 aromatic carbocycles. The van der Waals surface area contributed by atoms with Crippen molar-refractivity contribution in [1.29, 1.82) is 0 Å². The fourth-order valence-corrected chi connectivity index (χ4v) is 2.20. The van der Waals surface area contributed by atoms with Gasteiger partial charge in [0.25, 0.3) is 0 Å². The maximum Gasteiger partial charge on any atom is 0.131 e. The number of ether oxygens (including phenoxy) is 2. The molecular weight excluding hydrogens is 252 g/mol. The number of methoxy groups -OCH3 is 1. The number of pyridine rings is 1.